The van der Waals surface area contributed by atoms with E-state index in [1.807, 2.05) is 0 Å². The third kappa shape index (κ3) is 3.41. The summed E-state index contributed by atoms with van der Waals surface area (Å²) in [5.74, 6) is 2.42. The van der Waals surface area contributed by atoms with Gasteiger partial charge in [-0.25, -0.2) is 0 Å². The van der Waals surface area contributed by atoms with E-state index in [0.717, 1.165) is 24.6 Å². The van der Waals surface area contributed by atoms with Gasteiger partial charge in [0.05, 0.1) is 6.54 Å². The summed E-state index contributed by atoms with van der Waals surface area (Å²) < 4.78 is 2.16. The van der Waals surface area contributed by atoms with E-state index in [-0.39, 0.29) is 0 Å². The highest BCUT2D eigenvalue weighted by Gasteiger charge is 2.12. The molecule has 0 unspecified atom stereocenters. The molecule has 1 aromatic carbocycles. The van der Waals surface area contributed by atoms with Crippen molar-refractivity contribution in [1.82, 2.24) is 14.8 Å². The Kier molecular flexibility index (Phi) is 4.32. The molecule has 2 aromatic rings. The minimum absolute atomic E-state index is 0.438. The van der Waals surface area contributed by atoms with E-state index in [4.69, 9.17) is 5.73 Å². The molecule has 2 rings (SSSR count). The molecule has 19 heavy (non-hydrogen) atoms. The molecule has 4 nitrogen and oxygen atoms in total. The van der Waals surface area contributed by atoms with Crippen molar-refractivity contribution in [3.05, 3.63) is 47.0 Å². The van der Waals surface area contributed by atoms with Crippen molar-refractivity contribution in [2.24, 2.45) is 11.7 Å². The largest absolute Gasteiger partial charge is 0.324 e. The molecule has 0 aliphatic carbocycles. The monoisotopic (exact) mass is 258 g/mol. The summed E-state index contributed by atoms with van der Waals surface area (Å²) in [5.41, 5.74) is 8.26. The lowest BCUT2D eigenvalue weighted by atomic mass is 10.1. The van der Waals surface area contributed by atoms with Crippen LogP contribution in [0.4, 0.5) is 0 Å². The Hall–Kier alpha value is -1.68. The quantitative estimate of drug-likeness (QED) is 0.895. The summed E-state index contributed by atoms with van der Waals surface area (Å²) in [6, 6.07) is 8.54. The maximum atomic E-state index is 5.73. The van der Waals surface area contributed by atoms with Gasteiger partial charge in [-0.3, -0.25) is 0 Å². The lowest BCUT2D eigenvalue weighted by Crippen LogP contribution is -2.14. The molecule has 0 radical (unpaired) electrons. The molecule has 0 aliphatic heterocycles. The molecule has 0 bridgehead atoms. The molecular formula is C15H22N4. The first-order chi connectivity index (χ1) is 9.10. The van der Waals surface area contributed by atoms with E-state index in [2.05, 4.69) is 59.8 Å². The van der Waals surface area contributed by atoms with Gasteiger partial charge in [0, 0.05) is 13.0 Å². The summed E-state index contributed by atoms with van der Waals surface area (Å²) in [7, 11) is 0. The zero-order valence-corrected chi connectivity index (χ0v) is 11.9. The third-order valence-electron chi connectivity index (χ3n) is 3.12. The molecule has 0 spiro atoms. The highest BCUT2D eigenvalue weighted by molar-refractivity contribution is 5.24. The molecule has 2 N–H and O–H groups in total. The summed E-state index contributed by atoms with van der Waals surface area (Å²) >= 11 is 0. The summed E-state index contributed by atoms with van der Waals surface area (Å²) in [6.07, 6.45) is 0.806. The number of aromatic nitrogens is 3. The van der Waals surface area contributed by atoms with Gasteiger partial charge in [0.15, 0.2) is 0 Å². The third-order valence-corrected chi connectivity index (χ3v) is 3.12. The normalized spacial score (nSPS) is 11.2. The first kappa shape index (κ1) is 13.7. The second-order valence-electron chi connectivity index (χ2n) is 5.40. The van der Waals surface area contributed by atoms with Gasteiger partial charge in [-0.05, 0) is 18.4 Å². The number of nitrogens with two attached hydrogens (primary N) is 1. The SMILES string of the molecule is Cc1ccc(Cc2nnc(CN)n2CC(C)C)cc1. The second kappa shape index (κ2) is 5.97. The minimum atomic E-state index is 0.438. The molecule has 4 heteroatoms. The Morgan fingerprint density at radius 2 is 1.74 bits per heavy atom. The van der Waals surface area contributed by atoms with E-state index in [1.54, 1.807) is 0 Å². The fourth-order valence-corrected chi connectivity index (χ4v) is 2.12. The molecule has 1 aromatic heterocycles. The zero-order chi connectivity index (χ0) is 13.8. The maximum absolute atomic E-state index is 5.73. The molecule has 102 valence electrons. The number of rotatable bonds is 5. The molecule has 0 saturated carbocycles. The fraction of sp³-hybridized carbons (Fsp3) is 0.467. The van der Waals surface area contributed by atoms with Crippen molar-refractivity contribution < 1.29 is 0 Å². The fourth-order valence-electron chi connectivity index (χ4n) is 2.12. The first-order valence-corrected chi connectivity index (χ1v) is 6.76. The molecule has 0 saturated heterocycles. The Labute approximate surface area is 114 Å². The first-order valence-electron chi connectivity index (χ1n) is 6.76. The molecule has 0 fully saturated rings. The molecule has 0 aliphatic rings. The molecular weight excluding hydrogens is 236 g/mol. The topological polar surface area (TPSA) is 56.7 Å². The van der Waals surface area contributed by atoms with Gasteiger partial charge in [0.1, 0.15) is 11.6 Å². The second-order valence-corrected chi connectivity index (χ2v) is 5.40. The van der Waals surface area contributed by atoms with Crippen molar-refractivity contribution in [1.29, 1.82) is 0 Å². The van der Waals surface area contributed by atoms with Crippen molar-refractivity contribution in [2.75, 3.05) is 0 Å². The highest BCUT2D eigenvalue weighted by atomic mass is 15.3. The van der Waals surface area contributed by atoms with Crippen LogP contribution in [0.1, 0.15) is 36.6 Å². The van der Waals surface area contributed by atoms with Crippen LogP contribution in [-0.2, 0) is 19.5 Å². The molecule has 1 heterocycles. The van der Waals surface area contributed by atoms with Crippen LogP contribution in [0.5, 0.6) is 0 Å². The Bertz CT molecular complexity index is 526. The number of hydrogen-bond donors (Lipinski definition) is 1. The van der Waals surface area contributed by atoms with Gasteiger partial charge in [-0.15, -0.1) is 10.2 Å². The van der Waals surface area contributed by atoms with Gasteiger partial charge < -0.3 is 10.3 Å². The molecule has 0 amide bonds. The Morgan fingerprint density at radius 3 is 2.32 bits per heavy atom. The number of hydrogen-bond acceptors (Lipinski definition) is 3. The highest BCUT2D eigenvalue weighted by Crippen LogP contribution is 2.12. The van der Waals surface area contributed by atoms with Crippen molar-refractivity contribution >= 4 is 0 Å². The van der Waals surface area contributed by atoms with Crippen LogP contribution in [0.25, 0.3) is 0 Å². The number of benzene rings is 1. The van der Waals surface area contributed by atoms with E-state index >= 15 is 0 Å². The van der Waals surface area contributed by atoms with E-state index < -0.39 is 0 Å². The predicted molar refractivity (Wildman–Crippen MR) is 76.7 cm³/mol. The number of aryl methyl sites for hydroxylation is 1. The lowest BCUT2D eigenvalue weighted by molar-refractivity contribution is 0.495. The van der Waals surface area contributed by atoms with Crippen LogP contribution in [0, 0.1) is 12.8 Å². The zero-order valence-electron chi connectivity index (χ0n) is 11.9. The van der Waals surface area contributed by atoms with E-state index in [0.29, 0.717) is 12.5 Å². The summed E-state index contributed by atoms with van der Waals surface area (Å²) in [6.45, 7) is 7.83. The van der Waals surface area contributed by atoms with Crippen molar-refractivity contribution in [2.45, 2.75) is 40.3 Å². The van der Waals surface area contributed by atoms with Crippen LogP contribution in [0.3, 0.4) is 0 Å². The van der Waals surface area contributed by atoms with Gasteiger partial charge in [-0.2, -0.15) is 0 Å². The van der Waals surface area contributed by atoms with Crippen LogP contribution < -0.4 is 5.73 Å². The van der Waals surface area contributed by atoms with Crippen molar-refractivity contribution in [3.63, 3.8) is 0 Å². The van der Waals surface area contributed by atoms with Gasteiger partial charge in [0.25, 0.3) is 0 Å². The van der Waals surface area contributed by atoms with Crippen LogP contribution in [-0.4, -0.2) is 14.8 Å². The summed E-state index contributed by atoms with van der Waals surface area (Å²) in [5, 5.41) is 8.48. The van der Waals surface area contributed by atoms with E-state index in [1.165, 1.54) is 11.1 Å². The maximum Gasteiger partial charge on any atom is 0.146 e. The van der Waals surface area contributed by atoms with Gasteiger partial charge in [0.2, 0.25) is 0 Å². The van der Waals surface area contributed by atoms with Crippen LogP contribution in [0.2, 0.25) is 0 Å². The van der Waals surface area contributed by atoms with E-state index in [9.17, 15) is 0 Å². The summed E-state index contributed by atoms with van der Waals surface area (Å²) in [4.78, 5) is 0. The van der Waals surface area contributed by atoms with Crippen LogP contribution in [0.15, 0.2) is 24.3 Å². The standard InChI is InChI=1S/C15H22N4/c1-11(2)10-19-14(17-18-15(19)9-16)8-13-6-4-12(3)5-7-13/h4-7,11H,8-10,16H2,1-3H3. The Morgan fingerprint density at radius 1 is 1.11 bits per heavy atom. The van der Waals surface area contributed by atoms with Gasteiger partial charge >= 0.3 is 0 Å². The minimum Gasteiger partial charge on any atom is -0.324 e. The molecule has 0 atom stereocenters. The average Bonchev–Trinajstić information content (AvgIpc) is 2.74. The average molecular weight is 258 g/mol. The van der Waals surface area contributed by atoms with Crippen LogP contribution >= 0.6 is 0 Å². The smallest absolute Gasteiger partial charge is 0.146 e. The van der Waals surface area contributed by atoms with Crippen molar-refractivity contribution in [3.8, 4) is 0 Å². The Balaban J connectivity index is 2.24. The lowest BCUT2D eigenvalue weighted by Gasteiger charge is -2.12. The predicted octanol–water partition coefficient (Wildman–Crippen LogP) is 2.29. The number of nitrogens with zero attached hydrogens (tertiary/aromatic N) is 3. The van der Waals surface area contributed by atoms with Gasteiger partial charge in [-0.1, -0.05) is 43.7 Å².